The van der Waals surface area contributed by atoms with E-state index in [4.69, 9.17) is 5.73 Å². The molecular formula is C13H23N3O. The van der Waals surface area contributed by atoms with Crippen LogP contribution in [0.15, 0.2) is 12.3 Å². The summed E-state index contributed by atoms with van der Waals surface area (Å²) in [7, 11) is 0. The van der Waals surface area contributed by atoms with Crippen molar-refractivity contribution >= 4 is 0 Å². The van der Waals surface area contributed by atoms with Crippen molar-refractivity contribution in [1.82, 2.24) is 9.78 Å². The van der Waals surface area contributed by atoms with Crippen LogP contribution in [-0.2, 0) is 6.42 Å². The maximum Gasteiger partial charge on any atom is 0.0631 e. The number of nitrogens with two attached hydrogens (primary N) is 1. The van der Waals surface area contributed by atoms with E-state index in [9.17, 15) is 5.11 Å². The lowest BCUT2D eigenvalue weighted by atomic mass is 9.80. The second kappa shape index (κ2) is 4.78. The molecule has 1 aliphatic rings. The molecule has 4 heteroatoms. The number of nitrogens with zero attached hydrogens (tertiary/aromatic N) is 2. The largest absolute Gasteiger partial charge is 0.392 e. The maximum atomic E-state index is 10.1. The van der Waals surface area contributed by atoms with E-state index < -0.39 is 0 Å². The van der Waals surface area contributed by atoms with Crippen molar-refractivity contribution in [3.8, 4) is 0 Å². The first-order chi connectivity index (χ1) is 8.07. The van der Waals surface area contributed by atoms with E-state index in [1.165, 1.54) is 0 Å². The third-order valence-corrected chi connectivity index (χ3v) is 3.99. The Balaban J connectivity index is 2.13. The summed E-state index contributed by atoms with van der Waals surface area (Å²) in [5.41, 5.74) is 6.78. The number of hydrogen-bond acceptors (Lipinski definition) is 3. The van der Waals surface area contributed by atoms with E-state index in [0.717, 1.165) is 31.4 Å². The predicted molar refractivity (Wildman–Crippen MR) is 67.7 cm³/mol. The highest BCUT2D eigenvalue weighted by Gasteiger charge is 2.41. The molecule has 96 valence electrons. The number of aliphatic hydroxyl groups is 1. The van der Waals surface area contributed by atoms with E-state index in [1.807, 2.05) is 16.9 Å². The van der Waals surface area contributed by atoms with Gasteiger partial charge >= 0.3 is 0 Å². The molecule has 0 spiro atoms. The molecule has 1 aliphatic carbocycles. The van der Waals surface area contributed by atoms with Crippen molar-refractivity contribution in [3.05, 3.63) is 18.0 Å². The molecule has 0 amide bonds. The molecule has 0 bridgehead atoms. The summed E-state index contributed by atoms with van der Waals surface area (Å²) >= 11 is 0. The molecule has 0 radical (unpaired) electrons. The van der Waals surface area contributed by atoms with Crippen LogP contribution in [0.3, 0.4) is 0 Å². The maximum absolute atomic E-state index is 10.1. The van der Waals surface area contributed by atoms with Crippen molar-refractivity contribution in [3.63, 3.8) is 0 Å². The molecule has 4 nitrogen and oxygen atoms in total. The summed E-state index contributed by atoms with van der Waals surface area (Å²) in [6, 6.07) is 2.42. The first-order valence-electron chi connectivity index (χ1n) is 6.49. The van der Waals surface area contributed by atoms with Gasteiger partial charge in [-0.2, -0.15) is 5.10 Å². The number of rotatable bonds is 4. The Morgan fingerprint density at radius 1 is 1.65 bits per heavy atom. The quantitative estimate of drug-likeness (QED) is 0.834. The third-order valence-electron chi connectivity index (χ3n) is 3.99. The number of hydrogen-bond donors (Lipinski definition) is 2. The van der Waals surface area contributed by atoms with Gasteiger partial charge in [-0.25, -0.2) is 0 Å². The van der Waals surface area contributed by atoms with Crippen molar-refractivity contribution in [2.45, 2.75) is 51.7 Å². The van der Waals surface area contributed by atoms with Gasteiger partial charge in [0.15, 0.2) is 0 Å². The number of aromatic nitrogens is 2. The smallest absolute Gasteiger partial charge is 0.0631 e. The summed E-state index contributed by atoms with van der Waals surface area (Å²) in [6.07, 6.45) is 5.50. The Labute approximate surface area is 103 Å². The van der Waals surface area contributed by atoms with Crippen LogP contribution in [0.4, 0.5) is 0 Å². The minimum absolute atomic E-state index is 0.143. The Bertz CT molecular complexity index is 374. The fraction of sp³-hybridized carbons (Fsp3) is 0.769. The Kier molecular flexibility index (Phi) is 3.54. The van der Waals surface area contributed by atoms with Gasteiger partial charge in [0.05, 0.1) is 11.8 Å². The SMILES string of the molecule is CC(C)n1ccc(CC2(CN)CCCC2O)n1. The molecule has 2 unspecified atom stereocenters. The van der Waals surface area contributed by atoms with Crippen LogP contribution in [-0.4, -0.2) is 27.5 Å². The fourth-order valence-electron chi connectivity index (χ4n) is 2.76. The topological polar surface area (TPSA) is 64.1 Å². The average Bonchev–Trinajstić information content (AvgIpc) is 2.88. The van der Waals surface area contributed by atoms with Gasteiger partial charge in [0, 0.05) is 30.6 Å². The van der Waals surface area contributed by atoms with Crippen molar-refractivity contribution in [1.29, 1.82) is 0 Å². The fourth-order valence-corrected chi connectivity index (χ4v) is 2.76. The van der Waals surface area contributed by atoms with E-state index in [0.29, 0.717) is 12.6 Å². The zero-order chi connectivity index (χ0) is 12.5. The van der Waals surface area contributed by atoms with E-state index in [-0.39, 0.29) is 11.5 Å². The van der Waals surface area contributed by atoms with Crippen molar-refractivity contribution in [2.75, 3.05) is 6.54 Å². The van der Waals surface area contributed by atoms with Gasteiger partial charge in [0.1, 0.15) is 0 Å². The van der Waals surface area contributed by atoms with Crippen LogP contribution in [0.25, 0.3) is 0 Å². The molecule has 0 aliphatic heterocycles. The zero-order valence-electron chi connectivity index (χ0n) is 10.8. The van der Waals surface area contributed by atoms with Gasteiger partial charge in [0.25, 0.3) is 0 Å². The van der Waals surface area contributed by atoms with Crippen LogP contribution in [0, 0.1) is 5.41 Å². The molecule has 0 saturated heterocycles. The summed E-state index contributed by atoms with van der Waals surface area (Å²) in [5, 5.41) is 14.7. The highest BCUT2D eigenvalue weighted by molar-refractivity contribution is 5.07. The second-order valence-corrected chi connectivity index (χ2v) is 5.53. The highest BCUT2D eigenvalue weighted by atomic mass is 16.3. The van der Waals surface area contributed by atoms with Crippen LogP contribution >= 0.6 is 0 Å². The van der Waals surface area contributed by atoms with Crippen LogP contribution in [0.5, 0.6) is 0 Å². The molecule has 1 heterocycles. The Hall–Kier alpha value is -0.870. The first-order valence-corrected chi connectivity index (χ1v) is 6.49. The molecule has 2 atom stereocenters. The van der Waals surface area contributed by atoms with Gasteiger partial charge in [-0.3, -0.25) is 4.68 Å². The third kappa shape index (κ3) is 2.38. The molecule has 0 aromatic carbocycles. The monoisotopic (exact) mass is 237 g/mol. The molecule has 1 aromatic rings. The standard InChI is InChI=1S/C13H23N3O/c1-10(2)16-7-5-11(15-16)8-13(9-14)6-3-4-12(13)17/h5,7,10,12,17H,3-4,6,8-9,14H2,1-2H3. The van der Waals surface area contributed by atoms with Crippen LogP contribution < -0.4 is 5.73 Å². The molecule has 2 rings (SSSR count). The van der Waals surface area contributed by atoms with E-state index in [2.05, 4.69) is 18.9 Å². The summed E-state index contributed by atoms with van der Waals surface area (Å²) in [4.78, 5) is 0. The Morgan fingerprint density at radius 3 is 2.88 bits per heavy atom. The molecule has 1 saturated carbocycles. The summed E-state index contributed by atoms with van der Waals surface area (Å²) in [6.45, 7) is 4.77. The number of aliphatic hydroxyl groups excluding tert-OH is 1. The Morgan fingerprint density at radius 2 is 2.41 bits per heavy atom. The summed E-state index contributed by atoms with van der Waals surface area (Å²) in [5.74, 6) is 0. The van der Waals surface area contributed by atoms with E-state index >= 15 is 0 Å². The molecule has 3 N–H and O–H groups in total. The minimum Gasteiger partial charge on any atom is -0.392 e. The van der Waals surface area contributed by atoms with Crippen molar-refractivity contribution < 1.29 is 5.11 Å². The average molecular weight is 237 g/mol. The van der Waals surface area contributed by atoms with E-state index in [1.54, 1.807) is 0 Å². The minimum atomic E-state index is -0.267. The second-order valence-electron chi connectivity index (χ2n) is 5.53. The van der Waals surface area contributed by atoms with Crippen LogP contribution in [0.1, 0.15) is 44.8 Å². The zero-order valence-corrected chi connectivity index (χ0v) is 10.8. The predicted octanol–water partition coefficient (Wildman–Crippen LogP) is 1.50. The van der Waals surface area contributed by atoms with Crippen LogP contribution in [0.2, 0.25) is 0 Å². The lowest BCUT2D eigenvalue weighted by molar-refractivity contribution is 0.0580. The molecule has 1 aromatic heterocycles. The lowest BCUT2D eigenvalue weighted by Gasteiger charge is -2.30. The highest BCUT2D eigenvalue weighted by Crippen LogP contribution is 2.40. The first kappa shape index (κ1) is 12.6. The van der Waals surface area contributed by atoms with Crippen molar-refractivity contribution in [2.24, 2.45) is 11.1 Å². The summed E-state index contributed by atoms with van der Waals surface area (Å²) < 4.78 is 1.96. The normalized spacial score (nSPS) is 29.1. The lowest BCUT2D eigenvalue weighted by Crippen LogP contribution is -2.39. The van der Waals surface area contributed by atoms with Gasteiger partial charge in [0.2, 0.25) is 0 Å². The van der Waals surface area contributed by atoms with Gasteiger partial charge < -0.3 is 10.8 Å². The van der Waals surface area contributed by atoms with Gasteiger partial charge in [-0.1, -0.05) is 6.42 Å². The molecule has 17 heavy (non-hydrogen) atoms. The van der Waals surface area contributed by atoms with Gasteiger partial charge in [-0.05, 0) is 32.8 Å². The molecular weight excluding hydrogens is 214 g/mol. The molecule has 1 fully saturated rings. The van der Waals surface area contributed by atoms with Gasteiger partial charge in [-0.15, -0.1) is 0 Å².